The van der Waals surface area contributed by atoms with E-state index in [1.54, 1.807) is 25.2 Å². The van der Waals surface area contributed by atoms with Crippen LogP contribution in [0.4, 0.5) is 9.52 Å². The Hall–Kier alpha value is -1.57. The molecule has 0 radical (unpaired) electrons. The molecule has 1 heterocycles. The molecular weight excluding hydrogens is 327 g/mol. The molecule has 0 saturated heterocycles. The lowest BCUT2D eigenvalue weighted by Gasteiger charge is -2.08. The van der Waals surface area contributed by atoms with Crippen LogP contribution in [0.2, 0.25) is 0 Å². The molecule has 2 N–H and O–H groups in total. The van der Waals surface area contributed by atoms with Crippen LogP contribution in [-0.4, -0.2) is 29.7 Å². The molecule has 0 spiro atoms. The van der Waals surface area contributed by atoms with Crippen LogP contribution in [0, 0.1) is 11.7 Å². The Bertz CT molecular complexity index is 622. The maximum atomic E-state index is 13.6. The van der Waals surface area contributed by atoms with Crippen molar-refractivity contribution >= 4 is 34.8 Å². The monoisotopic (exact) mass is 344 g/mol. The highest BCUT2D eigenvalue weighted by molar-refractivity contribution is 7.15. The summed E-state index contributed by atoms with van der Waals surface area (Å²) < 4.78 is 13.6. The van der Waals surface area contributed by atoms with Gasteiger partial charge in [0.1, 0.15) is 10.8 Å². The van der Waals surface area contributed by atoms with Gasteiger partial charge in [-0.05, 0) is 18.7 Å². The van der Waals surface area contributed by atoms with Crippen LogP contribution in [-0.2, 0) is 11.2 Å². The van der Waals surface area contributed by atoms with Gasteiger partial charge in [0.2, 0.25) is 11.0 Å². The summed E-state index contributed by atoms with van der Waals surface area (Å²) in [5, 5.41) is 14.7. The average Bonchev–Trinajstić information content (AvgIpc) is 2.89. The van der Waals surface area contributed by atoms with E-state index in [0.717, 1.165) is 0 Å². The fraction of sp³-hybridized carbons (Fsp3) is 0.357. The second kappa shape index (κ2) is 8.77. The van der Waals surface area contributed by atoms with Crippen molar-refractivity contribution in [3.8, 4) is 0 Å². The number of anilines is 1. The number of nitrogens with zero attached hydrogens (tertiary/aromatic N) is 2. The number of carbonyl (C=O) groups is 1. The number of amides is 1. The van der Waals surface area contributed by atoms with E-state index >= 15 is 0 Å². The van der Waals surface area contributed by atoms with Crippen molar-refractivity contribution in [1.29, 1.82) is 0 Å². The van der Waals surface area contributed by atoms with Crippen molar-refractivity contribution in [1.82, 2.24) is 15.5 Å². The second-order valence-corrected chi connectivity index (χ2v) is 5.78. The summed E-state index contributed by atoms with van der Waals surface area (Å²) >= 11 is 1.26. The Morgan fingerprint density at radius 1 is 1.36 bits per heavy atom. The number of benzene rings is 1. The smallest absolute Gasteiger partial charge is 0.230 e. The molecule has 0 aliphatic rings. The van der Waals surface area contributed by atoms with Gasteiger partial charge in [-0.3, -0.25) is 4.79 Å². The summed E-state index contributed by atoms with van der Waals surface area (Å²) in [6.45, 7) is 2.42. The van der Waals surface area contributed by atoms with Gasteiger partial charge in [0, 0.05) is 18.9 Å². The van der Waals surface area contributed by atoms with Crippen molar-refractivity contribution in [3.05, 3.63) is 40.7 Å². The van der Waals surface area contributed by atoms with Gasteiger partial charge in [0.05, 0.1) is 0 Å². The Balaban J connectivity index is 0.00000242. The van der Waals surface area contributed by atoms with Crippen LogP contribution in [0.3, 0.4) is 0 Å². The number of nitrogens with one attached hydrogen (secondary N) is 2. The quantitative estimate of drug-likeness (QED) is 0.845. The van der Waals surface area contributed by atoms with E-state index in [9.17, 15) is 9.18 Å². The van der Waals surface area contributed by atoms with Gasteiger partial charge >= 0.3 is 0 Å². The highest BCUT2D eigenvalue weighted by atomic mass is 35.5. The maximum absolute atomic E-state index is 13.6. The van der Waals surface area contributed by atoms with Crippen molar-refractivity contribution in [2.45, 2.75) is 13.3 Å². The number of carbonyl (C=O) groups excluding carboxylic acids is 1. The van der Waals surface area contributed by atoms with Gasteiger partial charge in [-0.1, -0.05) is 36.5 Å². The summed E-state index contributed by atoms with van der Waals surface area (Å²) in [7, 11) is 1.79. The first-order chi connectivity index (χ1) is 10.1. The minimum atomic E-state index is -0.263. The lowest BCUT2D eigenvalue weighted by Crippen LogP contribution is -2.28. The van der Waals surface area contributed by atoms with E-state index < -0.39 is 0 Å². The minimum absolute atomic E-state index is 0. The van der Waals surface area contributed by atoms with E-state index in [4.69, 9.17) is 0 Å². The highest BCUT2D eigenvalue weighted by Gasteiger charge is 2.15. The lowest BCUT2D eigenvalue weighted by atomic mass is 10.1. The molecule has 1 unspecified atom stereocenters. The Kier molecular flexibility index (Phi) is 7.37. The van der Waals surface area contributed by atoms with E-state index in [2.05, 4.69) is 20.8 Å². The minimum Gasteiger partial charge on any atom is -0.319 e. The standard InChI is InChI=1S/C14H17FN4OS.ClH/c1-9(8-16-2)13(20)17-14-19-18-12(21-14)7-10-5-3-4-6-11(10)15;/h3-6,9,16H,7-8H2,1-2H3,(H,17,19,20);1H. The SMILES string of the molecule is CNCC(C)C(=O)Nc1nnc(Cc2ccccc2F)s1.Cl. The fourth-order valence-electron chi connectivity index (χ4n) is 1.81. The van der Waals surface area contributed by atoms with Crippen LogP contribution in [0.5, 0.6) is 0 Å². The maximum Gasteiger partial charge on any atom is 0.230 e. The molecule has 0 fully saturated rings. The molecule has 0 bridgehead atoms. The van der Waals surface area contributed by atoms with Gasteiger partial charge in [0.15, 0.2) is 0 Å². The van der Waals surface area contributed by atoms with Crippen molar-refractivity contribution in [3.63, 3.8) is 0 Å². The first-order valence-electron chi connectivity index (χ1n) is 6.61. The highest BCUT2D eigenvalue weighted by Crippen LogP contribution is 2.20. The van der Waals surface area contributed by atoms with Gasteiger partial charge in [-0.2, -0.15) is 0 Å². The van der Waals surface area contributed by atoms with Crippen molar-refractivity contribution in [2.75, 3.05) is 18.9 Å². The zero-order chi connectivity index (χ0) is 15.2. The third kappa shape index (κ3) is 5.01. The second-order valence-electron chi connectivity index (χ2n) is 4.72. The molecule has 0 aliphatic carbocycles. The molecule has 1 aromatic carbocycles. The van der Waals surface area contributed by atoms with E-state index in [1.165, 1.54) is 17.4 Å². The van der Waals surface area contributed by atoms with Crippen LogP contribution in [0.25, 0.3) is 0 Å². The molecule has 0 saturated carbocycles. The van der Waals surface area contributed by atoms with Crippen LogP contribution in [0.1, 0.15) is 17.5 Å². The Labute approximate surface area is 138 Å². The molecule has 8 heteroatoms. The molecular formula is C14H18ClFN4OS. The third-order valence-corrected chi connectivity index (χ3v) is 3.79. The van der Waals surface area contributed by atoms with Crippen molar-refractivity contribution in [2.24, 2.45) is 5.92 Å². The molecule has 5 nitrogen and oxygen atoms in total. The predicted molar refractivity (Wildman–Crippen MR) is 88.1 cm³/mol. The molecule has 120 valence electrons. The molecule has 0 aliphatic heterocycles. The van der Waals surface area contributed by atoms with Crippen LogP contribution in [0.15, 0.2) is 24.3 Å². The zero-order valence-electron chi connectivity index (χ0n) is 12.3. The number of halogens is 2. The third-order valence-electron chi connectivity index (χ3n) is 2.95. The predicted octanol–water partition coefficient (Wildman–Crippen LogP) is 2.48. The summed E-state index contributed by atoms with van der Waals surface area (Å²) in [5.74, 6) is -0.534. The fourth-order valence-corrected chi connectivity index (χ4v) is 2.57. The van der Waals surface area contributed by atoms with Crippen molar-refractivity contribution < 1.29 is 9.18 Å². The first-order valence-corrected chi connectivity index (χ1v) is 7.43. The normalized spacial score (nSPS) is 11.6. The van der Waals surface area contributed by atoms with Crippen LogP contribution < -0.4 is 10.6 Å². The molecule has 22 heavy (non-hydrogen) atoms. The lowest BCUT2D eigenvalue weighted by molar-refractivity contribution is -0.119. The zero-order valence-corrected chi connectivity index (χ0v) is 13.9. The van der Waals surface area contributed by atoms with E-state index in [0.29, 0.717) is 28.7 Å². The molecule has 2 rings (SSSR count). The van der Waals surface area contributed by atoms with Gasteiger partial charge in [0.25, 0.3) is 0 Å². The van der Waals surface area contributed by atoms with Crippen LogP contribution >= 0.6 is 23.7 Å². The number of rotatable bonds is 6. The van der Waals surface area contributed by atoms with E-state index in [-0.39, 0.29) is 30.0 Å². The summed E-state index contributed by atoms with van der Waals surface area (Å²) in [4.78, 5) is 11.9. The molecule has 1 aromatic heterocycles. The number of hydrogen-bond donors (Lipinski definition) is 2. The summed E-state index contributed by atoms with van der Waals surface area (Å²) in [6, 6.07) is 6.55. The van der Waals surface area contributed by atoms with Gasteiger partial charge in [-0.25, -0.2) is 4.39 Å². The van der Waals surface area contributed by atoms with Gasteiger partial charge in [-0.15, -0.1) is 22.6 Å². The molecule has 1 atom stereocenters. The largest absolute Gasteiger partial charge is 0.319 e. The molecule has 1 amide bonds. The molecule has 2 aromatic rings. The van der Waals surface area contributed by atoms with Gasteiger partial charge < -0.3 is 10.6 Å². The number of hydrogen-bond acceptors (Lipinski definition) is 5. The average molecular weight is 345 g/mol. The topological polar surface area (TPSA) is 66.9 Å². The summed E-state index contributed by atoms with van der Waals surface area (Å²) in [6.07, 6.45) is 0.367. The Morgan fingerprint density at radius 2 is 2.09 bits per heavy atom. The first kappa shape index (κ1) is 18.5. The Morgan fingerprint density at radius 3 is 2.77 bits per heavy atom. The van der Waals surface area contributed by atoms with E-state index in [1.807, 2.05) is 6.92 Å². The number of aromatic nitrogens is 2. The summed E-state index contributed by atoms with van der Waals surface area (Å²) in [5.41, 5.74) is 0.565.